The third-order valence-corrected chi connectivity index (χ3v) is 7.87. The standard InChI is InChI=1S/C31H27BN6O2/c32-24-19-35-38-28(34-18-20-6-5-13-33-17-20)16-25(36-30(24)38)21-11-14-37(15-12-21)31(39)29-22-7-1-3-9-26(22)40-27-10-4-2-8-23(27)29/h1-10,13,16-17,19,21,29,34H,11-12,14-15,18H2. The number of benzene rings is 2. The van der Waals surface area contributed by atoms with Gasteiger partial charge in [-0.25, -0.2) is 4.98 Å². The van der Waals surface area contributed by atoms with Crippen molar-refractivity contribution in [3.63, 3.8) is 0 Å². The number of nitrogens with one attached hydrogen (secondary N) is 1. The lowest BCUT2D eigenvalue weighted by Crippen LogP contribution is -2.41. The second-order valence-corrected chi connectivity index (χ2v) is 10.3. The van der Waals surface area contributed by atoms with Crippen LogP contribution in [0.1, 0.15) is 47.1 Å². The number of nitrogens with zero attached hydrogens (tertiary/aromatic N) is 5. The summed E-state index contributed by atoms with van der Waals surface area (Å²) < 4.78 is 7.86. The number of anilines is 1. The Labute approximate surface area is 233 Å². The van der Waals surface area contributed by atoms with Gasteiger partial charge >= 0.3 is 0 Å². The summed E-state index contributed by atoms with van der Waals surface area (Å²) in [5.74, 6) is 2.27. The molecule has 9 heteroatoms. The number of hydrogen-bond acceptors (Lipinski definition) is 6. The van der Waals surface area contributed by atoms with Crippen LogP contribution in [-0.2, 0) is 11.3 Å². The molecular formula is C31H27BN6O2. The van der Waals surface area contributed by atoms with Crippen molar-refractivity contribution >= 4 is 30.7 Å². The van der Waals surface area contributed by atoms with E-state index in [1.807, 2.05) is 71.8 Å². The van der Waals surface area contributed by atoms with Gasteiger partial charge < -0.3 is 15.0 Å². The number of aromatic nitrogens is 4. The first-order valence-corrected chi connectivity index (χ1v) is 13.6. The van der Waals surface area contributed by atoms with Gasteiger partial charge in [0, 0.05) is 67.0 Å². The van der Waals surface area contributed by atoms with Crippen molar-refractivity contribution in [2.24, 2.45) is 0 Å². The predicted octanol–water partition coefficient (Wildman–Crippen LogP) is 4.17. The van der Waals surface area contributed by atoms with Gasteiger partial charge in [0.1, 0.15) is 30.8 Å². The third-order valence-electron chi connectivity index (χ3n) is 7.87. The van der Waals surface area contributed by atoms with Gasteiger partial charge in [0.2, 0.25) is 5.91 Å². The molecule has 0 spiro atoms. The van der Waals surface area contributed by atoms with Crippen LogP contribution in [0.15, 0.2) is 85.3 Å². The largest absolute Gasteiger partial charge is 0.457 e. The summed E-state index contributed by atoms with van der Waals surface area (Å²) in [5, 5.41) is 7.90. The van der Waals surface area contributed by atoms with Gasteiger partial charge in [-0.15, -0.1) is 0 Å². The Hall–Kier alpha value is -4.66. The molecule has 2 aliphatic rings. The fraction of sp³-hybridized carbons (Fsp3) is 0.226. The summed E-state index contributed by atoms with van der Waals surface area (Å²) in [5.41, 5.74) is 5.04. The molecule has 40 heavy (non-hydrogen) atoms. The highest BCUT2D eigenvalue weighted by molar-refractivity contribution is 6.36. The van der Waals surface area contributed by atoms with Crippen LogP contribution in [0.25, 0.3) is 5.65 Å². The number of ether oxygens (including phenoxy) is 1. The lowest BCUT2D eigenvalue weighted by atomic mass is 9.85. The van der Waals surface area contributed by atoms with Gasteiger partial charge in [0.25, 0.3) is 0 Å². The molecule has 5 aromatic rings. The van der Waals surface area contributed by atoms with Gasteiger partial charge in [0.15, 0.2) is 0 Å². The summed E-state index contributed by atoms with van der Waals surface area (Å²) in [4.78, 5) is 25.1. The average Bonchev–Trinajstić information content (AvgIpc) is 3.39. The van der Waals surface area contributed by atoms with E-state index >= 15 is 0 Å². The number of pyridine rings is 1. The number of carbonyl (C=O) groups is 1. The predicted molar refractivity (Wildman–Crippen MR) is 153 cm³/mol. The first kappa shape index (κ1) is 24.4. The molecule has 0 atom stereocenters. The Bertz CT molecular complexity index is 1650. The second-order valence-electron chi connectivity index (χ2n) is 10.3. The maximum Gasteiger partial charge on any atom is 0.234 e. The van der Waals surface area contributed by atoms with Crippen molar-refractivity contribution in [1.82, 2.24) is 24.5 Å². The minimum atomic E-state index is -0.373. The molecule has 2 radical (unpaired) electrons. The summed E-state index contributed by atoms with van der Waals surface area (Å²) in [6.07, 6.45) is 6.87. The molecular weight excluding hydrogens is 499 g/mol. The van der Waals surface area contributed by atoms with E-state index in [0.717, 1.165) is 52.5 Å². The maximum atomic E-state index is 14.0. The smallest absolute Gasteiger partial charge is 0.234 e. The third kappa shape index (κ3) is 4.37. The zero-order valence-corrected chi connectivity index (χ0v) is 21.9. The van der Waals surface area contributed by atoms with E-state index in [9.17, 15) is 4.79 Å². The SMILES string of the molecule is [B]c1cnn2c(NCc3cccnc3)cc(C3CCN(C(=O)C4c5ccccc5Oc5ccccc54)CC3)nc12. The van der Waals surface area contributed by atoms with Crippen molar-refractivity contribution in [1.29, 1.82) is 0 Å². The zero-order chi connectivity index (χ0) is 27.1. The minimum Gasteiger partial charge on any atom is -0.457 e. The van der Waals surface area contributed by atoms with Crippen LogP contribution in [0.3, 0.4) is 0 Å². The van der Waals surface area contributed by atoms with E-state index in [1.54, 1.807) is 16.9 Å². The molecule has 8 nitrogen and oxygen atoms in total. The van der Waals surface area contributed by atoms with Gasteiger partial charge in [-0.05, 0) is 42.1 Å². The molecule has 1 N–H and O–H groups in total. The quantitative estimate of drug-likeness (QED) is 0.346. The molecule has 5 heterocycles. The van der Waals surface area contributed by atoms with Crippen LogP contribution >= 0.6 is 0 Å². The second kappa shape index (κ2) is 10.1. The Morgan fingerprint density at radius 1 is 0.975 bits per heavy atom. The number of para-hydroxylation sites is 2. The van der Waals surface area contributed by atoms with E-state index in [0.29, 0.717) is 30.7 Å². The molecule has 1 fully saturated rings. The van der Waals surface area contributed by atoms with Crippen LogP contribution in [0.4, 0.5) is 5.82 Å². The molecule has 7 rings (SSSR count). The van der Waals surface area contributed by atoms with Crippen molar-refractivity contribution < 1.29 is 9.53 Å². The fourth-order valence-corrected chi connectivity index (χ4v) is 5.78. The van der Waals surface area contributed by atoms with Gasteiger partial charge in [0.05, 0.1) is 5.92 Å². The van der Waals surface area contributed by atoms with Crippen LogP contribution < -0.4 is 15.5 Å². The summed E-state index contributed by atoms with van der Waals surface area (Å²) in [6.45, 7) is 1.92. The van der Waals surface area contributed by atoms with E-state index in [1.165, 1.54) is 0 Å². The Kier molecular flexibility index (Phi) is 6.19. The molecule has 1 amide bonds. The van der Waals surface area contributed by atoms with Gasteiger partial charge in [-0.2, -0.15) is 9.61 Å². The van der Waals surface area contributed by atoms with Crippen molar-refractivity contribution in [3.05, 3.63) is 108 Å². The first-order valence-electron chi connectivity index (χ1n) is 13.6. The monoisotopic (exact) mass is 526 g/mol. The van der Waals surface area contributed by atoms with Crippen LogP contribution in [0.2, 0.25) is 0 Å². The van der Waals surface area contributed by atoms with E-state index in [2.05, 4.69) is 21.5 Å². The molecule has 0 bridgehead atoms. The maximum absolute atomic E-state index is 14.0. The summed E-state index contributed by atoms with van der Waals surface area (Å²) in [6, 6.07) is 21.7. The number of carbonyl (C=O) groups excluding carboxylic acids is 1. The lowest BCUT2D eigenvalue weighted by molar-refractivity contribution is -0.133. The molecule has 3 aromatic heterocycles. The Morgan fingerprint density at radius 2 is 1.70 bits per heavy atom. The molecule has 0 saturated carbocycles. The van der Waals surface area contributed by atoms with Crippen molar-refractivity contribution in [2.75, 3.05) is 18.4 Å². The van der Waals surface area contributed by atoms with Crippen LogP contribution in [0, 0.1) is 0 Å². The Balaban J connectivity index is 1.11. The number of likely N-dealkylation sites (tertiary alicyclic amines) is 1. The highest BCUT2D eigenvalue weighted by Gasteiger charge is 2.36. The van der Waals surface area contributed by atoms with Crippen molar-refractivity contribution in [3.8, 4) is 11.5 Å². The first-order chi connectivity index (χ1) is 19.7. The zero-order valence-electron chi connectivity index (χ0n) is 21.9. The minimum absolute atomic E-state index is 0.115. The average molecular weight is 526 g/mol. The Morgan fingerprint density at radius 3 is 2.40 bits per heavy atom. The molecule has 0 aliphatic carbocycles. The van der Waals surface area contributed by atoms with E-state index in [4.69, 9.17) is 17.6 Å². The van der Waals surface area contributed by atoms with Crippen LogP contribution in [-0.4, -0.2) is 51.3 Å². The van der Waals surface area contributed by atoms with Gasteiger partial charge in [-0.1, -0.05) is 42.5 Å². The van der Waals surface area contributed by atoms with Crippen molar-refractivity contribution in [2.45, 2.75) is 31.2 Å². The number of piperidine rings is 1. The molecule has 2 aromatic carbocycles. The molecule has 1 saturated heterocycles. The number of hydrogen-bond donors (Lipinski definition) is 1. The molecule has 196 valence electrons. The number of fused-ring (bicyclic) bond motifs is 3. The molecule has 0 unspecified atom stereocenters. The highest BCUT2D eigenvalue weighted by atomic mass is 16.5. The summed E-state index contributed by atoms with van der Waals surface area (Å²) >= 11 is 0. The number of amides is 1. The molecule has 2 aliphatic heterocycles. The number of rotatable bonds is 5. The highest BCUT2D eigenvalue weighted by Crippen LogP contribution is 2.45. The summed E-state index contributed by atoms with van der Waals surface area (Å²) in [7, 11) is 6.23. The van der Waals surface area contributed by atoms with Gasteiger partial charge in [-0.3, -0.25) is 9.78 Å². The van der Waals surface area contributed by atoms with E-state index in [-0.39, 0.29) is 17.7 Å². The fourth-order valence-electron chi connectivity index (χ4n) is 5.78. The topological polar surface area (TPSA) is 84.7 Å². The van der Waals surface area contributed by atoms with E-state index < -0.39 is 0 Å². The normalized spacial score (nSPS) is 15.3. The van der Waals surface area contributed by atoms with Crippen LogP contribution in [0.5, 0.6) is 11.5 Å². The lowest BCUT2D eigenvalue weighted by Gasteiger charge is -2.36.